The summed E-state index contributed by atoms with van der Waals surface area (Å²) in [4.78, 5) is 14.1. The van der Waals surface area contributed by atoms with E-state index >= 15 is 0 Å². The number of amides is 1. The number of carbonyl (C=O) groups is 1. The van der Waals surface area contributed by atoms with Crippen molar-refractivity contribution in [2.75, 3.05) is 45.1 Å². The summed E-state index contributed by atoms with van der Waals surface area (Å²) in [7, 11) is -10.1. The van der Waals surface area contributed by atoms with Gasteiger partial charge in [-0.25, -0.2) is 22.7 Å². The van der Waals surface area contributed by atoms with Gasteiger partial charge in [-0.1, -0.05) is 83.5 Å². The van der Waals surface area contributed by atoms with Crippen LogP contribution in [0.15, 0.2) is 47.4 Å². The Morgan fingerprint density at radius 3 is 1.93 bits per heavy atom. The maximum absolute atomic E-state index is 14.4. The number of nitrogens with zero attached hydrogens (tertiary/aromatic N) is 1. The van der Waals surface area contributed by atoms with Crippen LogP contribution in [0.25, 0.3) is 0 Å². The molecule has 4 N–H and O–H groups in total. The zero-order valence-corrected chi connectivity index (χ0v) is 39.2. The maximum atomic E-state index is 14.4. The lowest BCUT2D eigenvalue weighted by molar-refractivity contribution is -0.112. The molecule has 0 fully saturated rings. The SMILES string of the molecule is CNS(=O)(=O)Nc1c(OCOCC[Si](C)(C)C)ccc(S(=O)(=O)NC[C@@H](OCOCC[Si](C)(C)C)[C@H](Cc2ccccc2)N(C(=O)O)C(C)(C)C)c1CC(C)C. The van der Waals surface area contributed by atoms with E-state index in [1.807, 2.05) is 44.2 Å². The van der Waals surface area contributed by atoms with Gasteiger partial charge in [0.2, 0.25) is 10.0 Å². The fraction of sp³-hybridized carbons (Fsp3) is 0.658. The standard InChI is InChI=1S/C38H68N4O10S2Si2/c1-29(2)24-31-35(19-18-33(36(31)41-54(47,48)39-6)51-27-49-20-22-55(7,8)9)53(45,46)40-26-34(52-28-50-21-23-56(10,11)12)32(25-30-16-14-13-15-17-30)42(37(43)44)38(3,4)5/h13-19,29,32,34,39-41H,20-28H2,1-12H3,(H,43,44)/t32-,34+/m0/s1. The van der Waals surface area contributed by atoms with E-state index in [1.54, 1.807) is 20.8 Å². The van der Waals surface area contributed by atoms with Crippen molar-refractivity contribution >= 4 is 48.2 Å². The molecule has 1 amide bonds. The second-order valence-electron chi connectivity index (χ2n) is 17.8. The zero-order chi connectivity index (χ0) is 42.5. The van der Waals surface area contributed by atoms with Gasteiger partial charge in [-0.15, -0.1) is 0 Å². The highest BCUT2D eigenvalue weighted by Gasteiger charge is 2.39. The first kappa shape index (κ1) is 49.6. The van der Waals surface area contributed by atoms with E-state index in [9.17, 15) is 26.7 Å². The number of carboxylic acid groups (broad SMARTS) is 1. The summed E-state index contributed by atoms with van der Waals surface area (Å²) in [6, 6.07) is 13.1. The van der Waals surface area contributed by atoms with Gasteiger partial charge in [0.05, 0.1) is 22.7 Å². The van der Waals surface area contributed by atoms with Crippen LogP contribution in [0.2, 0.25) is 51.4 Å². The molecule has 0 spiro atoms. The van der Waals surface area contributed by atoms with Crippen LogP contribution in [0, 0.1) is 5.92 Å². The molecule has 18 heteroatoms. The van der Waals surface area contributed by atoms with Gasteiger partial charge < -0.3 is 24.1 Å². The monoisotopic (exact) mass is 860 g/mol. The lowest BCUT2D eigenvalue weighted by Crippen LogP contribution is -2.59. The van der Waals surface area contributed by atoms with Gasteiger partial charge in [-0.2, -0.15) is 8.42 Å². The molecule has 56 heavy (non-hydrogen) atoms. The van der Waals surface area contributed by atoms with E-state index < -0.39 is 60.2 Å². The van der Waals surface area contributed by atoms with Gasteiger partial charge in [0, 0.05) is 54.1 Å². The third-order valence-corrected chi connectivity index (χ3v) is 14.7. The predicted molar refractivity (Wildman–Crippen MR) is 229 cm³/mol. The van der Waals surface area contributed by atoms with Crippen LogP contribution in [0.1, 0.15) is 45.7 Å². The van der Waals surface area contributed by atoms with Gasteiger partial charge in [-0.05, 0) is 69.3 Å². The van der Waals surface area contributed by atoms with E-state index in [-0.39, 0.29) is 60.8 Å². The summed E-state index contributed by atoms with van der Waals surface area (Å²) < 4.78 is 85.8. The highest BCUT2D eigenvalue weighted by Crippen LogP contribution is 2.36. The molecule has 0 bridgehead atoms. The third kappa shape index (κ3) is 17.5. The highest BCUT2D eigenvalue weighted by molar-refractivity contribution is 7.90. The molecule has 2 aromatic rings. The largest absolute Gasteiger partial charge is 0.465 e. The molecule has 14 nitrogen and oxygen atoms in total. The molecule has 320 valence electrons. The Bertz CT molecular complexity index is 1750. The number of benzene rings is 2. The Labute approximate surface area is 338 Å². The first-order chi connectivity index (χ1) is 25.8. The molecule has 0 aliphatic carbocycles. The summed E-state index contributed by atoms with van der Waals surface area (Å²) in [5.74, 6) is 0.00824. The fourth-order valence-electron chi connectivity index (χ4n) is 5.75. The summed E-state index contributed by atoms with van der Waals surface area (Å²) in [6.07, 6.45) is -1.79. The van der Waals surface area contributed by atoms with Gasteiger partial charge >= 0.3 is 6.09 Å². The average molecular weight is 861 g/mol. The summed E-state index contributed by atoms with van der Waals surface area (Å²) >= 11 is 0. The smallest absolute Gasteiger partial charge is 0.408 e. The molecule has 0 saturated carbocycles. The van der Waals surface area contributed by atoms with Crippen molar-refractivity contribution in [3.05, 3.63) is 53.6 Å². The summed E-state index contributed by atoms with van der Waals surface area (Å²) in [6.45, 7) is 22.7. The number of hydrogen-bond donors (Lipinski definition) is 4. The van der Waals surface area contributed by atoms with Gasteiger partial charge in [0.15, 0.2) is 6.79 Å². The molecular formula is C38H68N4O10S2Si2. The molecule has 2 rings (SSSR count). The first-order valence-corrected chi connectivity index (χ1v) is 29.5. The Hall–Kier alpha value is -2.56. The van der Waals surface area contributed by atoms with E-state index in [2.05, 4.69) is 53.4 Å². The fourth-order valence-corrected chi connectivity index (χ4v) is 9.15. The van der Waals surface area contributed by atoms with Crippen LogP contribution < -0.4 is 18.9 Å². The lowest BCUT2D eigenvalue weighted by Gasteiger charge is -2.43. The van der Waals surface area contributed by atoms with Crippen LogP contribution in [0.4, 0.5) is 10.5 Å². The quantitative estimate of drug-likeness (QED) is 0.0470. The van der Waals surface area contributed by atoms with Gasteiger partial charge in [0.1, 0.15) is 12.5 Å². The predicted octanol–water partition coefficient (Wildman–Crippen LogP) is 6.82. The van der Waals surface area contributed by atoms with E-state index in [1.165, 1.54) is 24.1 Å². The Balaban J connectivity index is 2.64. The second kappa shape index (κ2) is 21.4. The molecule has 0 aromatic heterocycles. The van der Waals surface area contributed by atoms with Crippen molar-refractivity contribution in [1.82, 2.24) is 14.3 Å². The Kier molecular flexibility index (Phi) is 19.0. The van der Waals surface area contributed by atoms with Gasteiger partial charge in [-0.3, -0.25) is 9.62 Å². The second-order valence-corrected chi connectivity index (χ2v) is 32.4. The van der Waals surface area contributed by atoms with Crippen LogP contribution in [0.5, 0.6) is 5.75 Å². The minimum absolute atomic E-state index is 0.0277. The number of anilines is 1. The Morgan fingerprint density at radius 2 is 1.43 bits per heavy atom. The van der Waals surface area contributed by atoms with E-state index in [0.29, 0.717) is 13.2 Å². The highest BCUT2D eigenvalue weighted by atomic mass is 32.2. The van der Waals surface area contributed by atoms with Crippen LogP contribution in [-0.2, 0) is 47.3 Å². The van der Waals surface area contributed by atoms with E-state index in [0.717, 1.165) is 17.7 Å². The molecule has 0 unspecified atom stereocenters. The van der Waals surface area contributed by atoms with Crippen LogP contribution in [0.3, 0.4) is 0 Å². The first-order valence-electron chi connectivity index (χ1n) is 19.1. The molecule has 2 atom stereocenters. The normalized spacial score (nSPS) is 14.1. The maximum Gasteiger partial charge on any atom is 0.408 e. The number of nitrogens with one attached hydrogen (secondary N) is 3. The van der Waals surface area contributed by atoms with Crippen molar-refractivity contribution in [3.63, 3.8) is 0 Å². The molecule has 0 aliphatic heterocycles. The number of hydrogen-bond acceptors (Lipinski definition) is 9. The Morgan fingerprint density at radius 1 is 0.857 bits per heavy atom. The summed E-state index contributed by atoms with van der Waals surface area (Å²) in [5.41, 5.74) is 0.119. The average Bonchev–Trinajstić information content (AvgIpc) is 3.05. The van der Waals surface area contributed by atoms with Crippen LogP contribution in [-0.4, -0.2) is 107 Å². The zero-order valence-electron chi connectivity index (χ0n) is 35.5. The molecule has 0 aliphatic rings. The minimum atomic E-state index is -4.39. The number of rotatable bonds is 25. The summed E-state index contributed by atoms with van der Waals surface area (Å²) in [5, 5.41) is 10.6. The number of sulfonamides is 1. The lowest BCUT2D eigenvalue weighted by atomic mass is 9.94. The molecule has 0 radical (unpaired) electrons. The van der Waals surface area contributed by atoms with Crippen LogP contribution >= 0.6 is 0 Å². The molecular weight excluding hydrogens is 793 g/mol. The van der Waals surface area contributed by atoms with Gasteiger partial charge in [0.25, 0.3) is 10.2 Å². The van der Waals surface area contributed by atoms with E-state index in [4.69, 9.17) is 18.9 Å². The van der Waals surface area contributed by atoms with Crippen molar-refractivity contribution in [1.29, 1.82) is 0 Å². The minimum Gasteiger partial charge on any atom is -0.465 e. The third-order valence-electron chi connectivity index (χ3n) is 8.75. The van der Waals surface area contributed by atoms with Crippen molar-refractivity contribution < 1.29 is 45.7 Å². The molecule has 0 heterocycles. The van der Waals surface area contributed by atoms with Crippen molar-refractivity contribution in [2.24, 2.45) is 5.92 Å². The number of ether oxygens (including phenoxy) is 4. The molecule has 0 saturated heterocycles. The van der Waals surface area contributed by atoms with Crippen molar-refractivity contribution in [3.8, 4) is 5.75 Å². The van der Waals surface area contributed by atoms with Crippen molar-refractivity contribution in [2.45, 2.75) is 121 Å². The molecule has 2 aromatic carbocycles. The topological polar surface area (TPSA) is 182 Å².